The molecular formula is C14H13ClINO. The fraction of sp³-hybridized carbons (Fsp3) is 0.286. The van der Waals surface area contributed by atoms with Gasteiger partial charge in [-0.1, -0.05) is 11.6 Å². The van der Waals surface area contributed by atoms with Crippen molar-refractivity contribution in [2.24, 2.45) is 0 Å². The van der Waals surface area contributed by atoms with Crippen LogP contribution < -0.4 is 5.32 Å². The Morgan fingerprint density at radius 3 is 3.06 bits per heavy atom. The summed E-state index contributed by atoms with van der Waals surface area (Å²) in [7, 11) is 0. The summed E-state index contributed by atoms with van der Waals surface area (Å²) >= 11 is 8.52. The van der Waals surface area contributed by atoms with Gasteiger partial charge in [-0.05, 0) is 59.7 Å². The number of hydrogen-bond donors (Lipinski definition) is 1. The van der Waals surface area contributed by atoms with Gasteiger partial charge >= 0.3 is 0 Å². The molecule has 1 unspecified atom stereocenters. The number of fused-ring (bicyclic) bond motifs is 1. The molecule has 0 saturated heterocycles. The molecule has 2 aromatic rings. The van der Waals surface area contributed by atoms with Crippen molar-refractivity contribution in [3.05, 3.63) is 50.4 Å². The number of nitrogens with one attached hydrogen (secondary N) is 1. The van der Waals surface area contributed by atoms with Crippen LogP contribution in [0.25, 0.3) is 0 Å². The molecule has 4 heteroatoms. The molecule has 1 aliphatic rings. The highest BCUT2D eigenvalue weighted by Crippen LogP contribution is 2.35. The Morgan fingerprint density at radius 2 is 2.22 bits per heavy atom. The average Bonchev–Trinajstić information content (AvgIpc) is 2.82. The molecule has 1 heterocycles. The van der Waals surface area contributed by atoms with E-state index in [0.717, 1.165) is 39.3 Å². The second-order valence-electron chi connectivity index (χ2n) is 4.51. The van der Waals surface area contributed by atoms with Crippen LogP contribution in [0.1, 0.15) is 30.2 Å². The monoisotopic (exact) mass is 373 g/mol. The van der Waals surface area contributed by atoms with E-state index in [-0.39, 0.29) is 0 Å². The van der Waals surface area contributed by atoms with Crippen molar-refractivity contribution >= 4 is 39.9 Å². The highest BCUT2D eigenvalue weighted by Gasteiger charge is 2.22. The summed E-state index contributed by atoms with van der Waals surface area (Å²) in [4.78, 5) is 0. The smallest absolute Gasteiger partial charge is 0.109 e. The van der Waals surface area contributed by atoms with Gasteiger partial charge in [-0.2, -0.15) is 0 Å². The Morgan fingerprint density at radius 1 is 1.33 bits per heavy atom. The number of aryl methyl sites for hydroxylation is 1. The highest BCUT2D eigenvalue weighted by molar-refractivity contribution is 14.1. The topological polar surface area (TPSA) is 25.2 Å². The molecule has 0 radical (unpaired) electrons. The van der Waals surface area contributed by atoms with Gasteiger partial charge in [-0.15, -0.1) is 0 Å². The Kier molecular flexibility index (Phi) is 3.52. The zero-order valence-electron chi connectivity index (χ0n) is 9.75. The zero-order chi connectivity index (χ0) is 12.5. The first-order chi connectivity index (χ1) is 8.74. The first kappa shape index (κ1) is 12.4. The second kappa shape index (κ2) is 5.13. The quantitative estimate of drug-likeness (QED) is 0.747. The van der Waals surface area contributed by atoms with Crippen LogP contribution in [0, 0.1) is 3.57 Å². The van der Waals surface area contributed by atoms with Crippen LogP contribution in [-0.4, -0.2) is 0 Å². The number of hydrogen-bond acceptors (Lipinski definition) is 2. The minimum absolute atomic E-state index is 0.310. The van der Waals surface area contributed by atoms with Gasteiger partial charge in [-0.25, -0.2) is 0 Å². The zero-order valence-corrected chi connectivity index (χ0v) is 12.7. The number of furan rings is 1. The van der Waals surface area contributed by atoms with Crippen LogP contribution in [0.3, 0.4) is 0 Å². The number of anilines is 1. The standard InChI is InChI=1S/C14H13ClINO/c15-11-8-9(16)4-5-13(11)17-12-2-1-3-14-10(12)6-7-18-14/h4-8,12,17H,1-3H2. The molecule has 0 bridgehead atoms. The molecule has 1 aromatic carbocycles. The minimum atomic E-state index is 0.310. The summed E-state index contributed by atoms with van der Waals surface area (Å²) in [5.41, 5.74) is 2.27. The molecule has 0 spiro atoms. The first-order valence-corrected chi connectivity index (χ1v) is 7.47. The summed E-state index contributed by atoms with van der Waals surface area (Å²) in [6.45, 7) is 0. The normalized spacial score (nSPS) is 18.4. The molecule has 1 N–H and O–H groups in total. The lowest BCUT2D eigenvalue weighted by molar-refractivity contribution is 0.461. The Balaban J connectivity index is 1.86. The highest BCUT2D eigenvalue weighted by atomic mass is 127. The van der Waals surface area contributed by atoms with E-state index in [4.69, 9.17) is 16.0 Å². The lowest BCUT2D eigenvalue weighted by Crippen LogP contribution is -2.16. The molecule has 3 rings (SSSR count). The lowest BCUT2D eigenvalue weighted by Gasteiger charge is -2.24. The van der Waals surface area contributed by atoms with Crippen molar-refractivity contribution in [1.82, 2.24) is 0 Å². The summed E-state index contributed by atoms with van der Waals surface area (Å²) in [6.07, 6.45) is 5.09. The molecule has 0 saturated carbocycles. The molecule has 94 valence electrons. The summed E-state index contributed by atoms with van der Waals surface area (Å²) in [5.74, 6) is 1.11. The van der Waals surface area contributed by atoms with Crippen molar-refractivity contribution in [3.63, 3.8) is 0 Å². The Bertz CT molecular complexity index is 567. The van der Waals surface area contributed by atoms with Gasteiger partial charge in [0.15, 0.2) is 0 Å². The number of benzene rings is 1. The second-order valence-corrected chi connectivity index (χ2v) is 6.17. The van der Waals surface area contributed by atoms with Crippen LogP contribution in [0.5, 0.6) is 0 Å². The summed E-state index contributed by atoms with van der Waals surface area (Å²) in [5, 5.41) is 4.30. The maximum atomic E-state index is 6.26. The predicted molar refractivity (Wildman–Crippen MR) is 82.2 cm³/mol. The van der Waals surface area contributed by atoms with E-state index in [9.17, 15) is 0 Å². The largest absolute Gasteiger partial charge is 0.469 e. The van der Waals surface area contributed by atoms with E-state index < -0.39 is 0 Å². The van der Waals surface area contributed by atoms with Crippen LogP contribution in [0.2, 0.25) is 5.02 Å². The third-order valence-corrected chi connectivity index (χ3v) is 4.30. The first-order valence-electron chi connectivity index (χ1n) is 6.02. The molecule has 2 nitrogen and oxygen atoms in total. The van der Waals surface area contributed by atoms with Crippen molar-refractivity contribution in [1.29, 1.82) is 0 Å². The van der Waals surface area contributed by atoms with E-state index in [1.54, 1.807) is 6.26 Å². The van der Waals surface area contributed by atoms with Crippen molar-refractivity contribution in [2.45, 2.75) is 25.3 Å². The van der Waals surface area contributed by atoms with Crippen LogP contribution in [0.4, 0.5) is 5.69 Å². The van der Waals surface area contributed by atoms with Gasteiger partial charge in [-0.3, -0.25) is 0 Å². The minimum Gasteiger partial charge on any atom is -0.469 e. The van der Waals surface area contributed by atoms with Crippen molar-refractivity contribution < 1.29 is 4.42 Å². The van der Waals surface area contributed by atoms with Crippen molar-refractivity contribution in [2.75, 3.05) is 5.32 Å². The predicted octanol–water partition coefficient (Wildman–Crippen LogP) is 5.03. The molecule has 18 heavy (non-hydrogen) atoms. The van der Waals surface area contributed by atoms with Crippen molar-refractivity contribution in [3.8, 4) is 0 Å². The van der Waals surface area contributed by atoms with Gasteiger partial charge in [0.1, 0.15) is 5.76 Å². The van der Waals surface area contributed by atoms with Crippen LogP contribution >= 0.6 is 34.2 Å². The lowest BCUT2D eigenvalue weighted by atomic mass is 9.93. The van der Waals surface area contributed by atoms with Gasteiger partial charge in [0.2, 0.25) is 0 Å². The van der Waals surface area contributed by atoms with Gasteiger partial charge in [0.25, 0.3) is 0 Å². The van der Waals surface area contributed by atoms with Gasteiger partial charge in [0, 0.05) is 15.6 Å². The maximum Gasteiger partial charge on any atom is 0.109 e. The third-order valence-electron chi connectivity index (χ3n) is 3.31. The van der Waals surface area contributed by atoms with E-state index in [0.29, 0.717) is 6.04 Å². The van der Waals surface area contributed by atoms with Crippen LogP contribution in [-0.2, 0) is 6.42 Å². The third kappa shape index (κ3) is 2.38. The molecule has 1 atom stereocenters. The van der Waals surface area contributed by atoms with Gasteiger partial charge < -0.3 is 9.73 Å². The average molecular weight is 374 g/mol. The van der Waals surface area contributed by atoms with E-state index in [2.05, 4.69) is 40.0 Å². The fourth-order valence-electron chi connectivity index (χ4n) is 2.43. The maximum absolute atomic E-state index is 6.26. The SMILES string of the molecule is Clc1cc(I)ccc1NC1CCCc2occc21. The molecule has 0 amide bonds. The number of halogens is 2. The fourth-order valence-corrected chi connectivity index (χ4v) is 3.34. The Labute approximate surface area is 125 Å². The van der Waals surface area contributed by atoms with Gasteiger partial charge in [0.05, 0.1) is 23.0 Å². The van der Waals surface area contributed by atoms with Crippen LogP contribution in [0.15, 0.2) is 34.9 Å². The Hall–Kier alpha value is -0.680. The summed E-state index contributed by atoms with van der Waals surface area (Å²) < 4.78 is 6.65. The number of rotatable bonds is 2. The molecular weight excluding hydrogens is 361 g/mol. The molecule has 0 aliphatic heterocycles. The van der Waals surface area contributed by atoms with E-state index >= 15 is 0 Å². The van der Waals surface area contributed by atoms with E-state index in [1.165, 1.54) is 5.56 Å². The molecule has 0 fully saturated rings. The summed E-state index contributed by atoms with van der Waals surface area (Å²) in [6, 6.07) is 8.45. The molecule has 1 aromatic heterocycles. The van der Waals surface area contributed by atoms with E-state index in [1.807, 2.05) is 12.1 Å². The molecule has 1 aliphatic carbocycles.